The van der Waals surface area contributed by atoms with Gasteiger partial charge in [0.05, 0.1) is 19.3 Å². The molecule has 2 aromatic carbocycles. The molecule has 25 heavy (non-hydrogen) atoms. The van der Waals surface area contributed by atoms with Gasteiger partial charge in [0.2, 0.25) is 5.78 Å². The highest BCUT2D eigenvalue weighted by atomic mass is 16.5. The van der Waals surface area contributed by atoms with Crippen LogP contribution in [0.4, 0.5) is 0 Å². The van der Waals surface area contributed by atoms with E-state index in [-0.39, 0.29) is 12.4 Å². The van der Waals surface area contributed by atoms with Crippen molar-refractivity contribution in [2.75, 3.05) is 20.3 Å². The molecule has 0 N–H and O–H groups in total. The van der Waals surface area contributed by atoms with Crippen molar-refractivity contribution in [1.29, 1.82) is 0 Å². The molecule has 0 heterocycles. The molecule has 0 spiro atoms. The summed E-state index contributed by atoms with van der Waals surface area (Å²) in [7, 11) is 1.48. The molecule has 130 valence electrons. The second-order valence-electron chi connectivity index (χ2n) is 5.04. The lowest BCUT2D eigenvalue weighted by atomic mass is 10.1. The molecule has 0 amide bonds. The van der Waals surface area contributed by atoms with E-state index in [1.165, 1.54) is 13.2 Å². The van der Waals surface area contributed by atoms with Crippen LogP contribution >= 0.6 is 0 Å². The molecular formula is C20H20O5. The summed E-state index contributed by atoms with van der Waals surface area (Å²) in [6.07, 6.45) is 2.87. The molecule has 0 fully saturated rings. The van der Waals surface area contributed by atoms with Crippen molar-refractivity contribution in [3.63, 3.8) is 0 Å². The molecule has 0 radical (unpaired) electrons. The van der Waals surface area contributed by atoms with Crippen LogP contribution in [-0.4, -0.2) is 32.1 Å². The van der Waals surface area contributed by atoms with Gasteiger partial charge in [-0.15, -0.1) is 0 Å². The van der Waals surface area contributed by atoms with Crippen LogP contribution in [0.15, 0.2) is 54.6 Å². The van der Waals surface area contributed by atoms with Crippen molar-refractivity contribution in [3.8, 4) is 11.5 Å². The zero-order valence-corrected chi connectivity index (χ0v) is 14.2. The Morgan fingerprint density at radius 1 is 1.00 bits per heavy atom. The van der Waals surface area contributed by atoms with Gasteiger partial charge in [0, 0.05) is 11.6 Å². The molecule has 0 atom stereocenters. The summed E-state index contributed by atoms with van der Waals surface area (Å²) < 4.78 is 15.6. The van der Waals surface area contributed by atoms with Gasteiger partial charge < -0.3 is 14.2 Å². The molecule has 0 saturated heterocycles. The van der Waals surface area contributed by atoms with Crippen LogP contribution < -0.4 is 9.47 Å². The van der Waals surface area contributed by atoms with E-state index in [2.05, 4.69) is 0 Å². The Bertz CT molecular complexity index is 764. The Hall–Kier alpha value is -3.08. The number of rotatable bonds is 8. The molecule has 0 bridgehead atoms. The first-order valence-corrected chi connectivity index (χ1v) is 7.88. The van der Waals surface area contributed by atoms with Crippen LogP contribution in [0, 0.1) is 0 Å². The lowest BCUT2D eigenvalue weighted by Gasteiger charge is -2.07. The number of methoxy groups -OCH3 is 1. The summed E-state index contributed by atoms with van der Waals surface area (Å²) in [6, 6.07) is 14.1. The molecule has 0 aromatic heterocycles. The zero-order valence-electron chi connectivity index (χ0n) is 14.2. The van der Waals surface area contributed by atoms with Crippen LogP contribution in [0.2, 0.25) is 0 Å². The molecule has 2 aromatic rings. The molecular weight excluding hydrogens is 320 g/mol. The van der Waals surface area contributed by atoms with Crippen LogP contribution in [0.5, 0.6) is 11.5 Å². The summed E-state index contributed by atoms with van der Waals surface area (Å²) in [6.45, 7) is 2.07. The summed E-state index contributed by atoms with van der Waals surface area (Å²) in [5, 5.41) is 0. The molecule has 0 unspecified atom stereocenters. The second-order valence-corrected chi connectivity index (χ2v) is 5.04. The molecule has 5 nitrogen and oxygen atoms in total. The monoisotopic (exact) mass is 340 g/mol. The van der Waals surface area contributed by atoms with Gasteiger partial charge in [-0.05, 0) is 31.2 Å². The Morgan fingerprint density at radius 2 is 1.68 bits per heavy atom. The first-order chi connectivity index (χ1) is 12.2. The molecule has 2 rings (SSSR count). The van der Waals surface area contributed by atoms with Crippen LogP contribution in [0.1, 0.15) is 22.8 Å². The highest BCUT2D eigenvalue weighted by Gasteiger charge is 2.13. The predicted octanol–water partition coefficient (Wildman–Crippen LogP) is 3.53. The van der Waals surface area contributed by atoms with Crippen molar-refractivity contribution in [2.24, 2.45) is 0 Å². The summed E-state index contributed by atoms with van der Waals surface area (Å²) in [4.78, 5) is 24.0. The first kappa shape index (κ1) is 18.3. The number of carbonyl (C=O) groups excluding carboxylic acids is 2. The van der Waals surface area contributed by atoms with Gasteiger partial charge in [-0.25, -0.2) is 4.79 Å². The number of benzene rings is 2. The number of esters is 1. The molecule has 0 saturated carbocycles. The predicted molar refractivity (Wildman–Crippen MR) is 94.9 cm³/mol. The zero-order chi connectivity index (χ0) is 18.1. The highest BCUT2D eigenvalue weighted by molar-refractivity contribution is 6.01. The second kappa shape index (κ2) is 9.27. The molecule has 0 aliphatic rings. The van der Waals surface area contributed by atoms with Crippen LogP contribution in [0.3, 0.4) is 0 Å². The fourth-order valence-corrected chi connectivity index (χ4v) is 2.20. The van der Waals surface area contributed by atoms with Gasteiger partial charge in [-0.1, -0.05) is 30.3 Å². The number of para-hydroxylation sites is 2. The summed E-state index contributed by atoms with van der Waals surface area (Å²) >= 11 is 0. The fourth-order valence-electron chi connectivity index (χ4n) is 2.20. The number of carbonyl (C=O) groups is 2. The minimum Gasteiger partial charge on any atom is -0.496 e. The molecule has 0 aliphatic carbocycles. The third-order valence-corrected chi connectivity index (χ3v) is 3.37. The topological polar surface area (TPSA) is 61.8 Å². The van der Waals surface area contributed by atoms with E-state index >= 15 is 0 Å². The van der Waals surface area contributed by atoms with Gasteiger partial charge in [-0.3, -0.25) is 4.79 Å². The standard InChI is InChI=1S/C20H20O5/c1-3-24-18-10-6-4-8-15(18)12-13-20(22)25-14-17(21)16-9-5-7-11-19(16)23-2/h4-13H,3,14H2,1-2H3/b13-12+. The fraction of sp³-hybridized carbons (Fsp3) is 0.200. The molecule has 5 heteroatoms. The van der Waals surface area contributed by atoms with Gasteiger partial charge in [0.15, 0.2) is 6.61 Å². The Balaban J connectivity index is 1.96. The van der Waals surface area contributed by atoms with E-state index in [1.54, 1.807) is 30.3 Å². The normalized spacial score (nSPS) is 10.5. The van der Waals surface area contributed by atoms with Gasteiger partial charge in [0.25, 0.3) is 0 Å². The smallest absolute Gasteiger partial charge is 0.331 e. The lowest BCUT2D eigenvalue weighted by Crippen LogP contribution is -2.13. The lowest BCUT2D eigenvalue weighted by molar-refractivity contribution is -0.136. The Labute approximate surface area is 146 Å². The number of Topliss-reactive ketones (excluding diaryl/α,β-unsaturated/α-hetero) is 1. The number of hydrogen-bond donors (Lipinski definition) is 0. The van der Waals surface area contributed by atoms with Gasteiger partial charge >= 0.3 is 5.97 Å². The van der Waals surface area contributed by atoms with E-state index < -0.39 is 5.97 Å². The van der Waals surface area contributed by atoms with Crippen LogP contribution in [-0.2, 0) is 9.53 Å². The Kier molecular flexibility index (Phi) is 6.77. The largest absolute Gasteiger partial charge is 0.496 e. The van der Waals surface area contributed by atoms with Crippen molar-refractivity contribution in [3.05, 3.63) is 65.7 Å². The average molecular weight is 340 g/mol. The van der Waals surface area contributed by atoms with Crippen LogP contribution in [0.25, 0.3) is 6.08 Å². The first-order valence-electron chi connectivity index (χ1n) is 7.88. The minimum absolute atomic E-state index is 0.325. The molecule has 0 aliphatic heterocycles. The third kappa shape index (κ3) is 5.21. The maximum Gasteiger partial charge on any atom is 0.331 e. The maximum absolute atomic E-state index is 12.1. The number of ether oxygens (including phenoxy) is 3. The van der Waals surface area contributed by atoms with E-state index in [4.69, 9.17) is 14.2 Å². The van der Waals surface area contributed by atoms with Crippen molar-refractivity contribution in [2.45, 2.75) is 6.92 Å². The average Bonchev–Trinajstić information content (AvgIpc) is 2.65. The number of ketones is 1. The highest BCUT2D eigenvalue weighted by Crippen LogP contribution is 2.20. The number of hydrogen-bond acceptors (Lipinski definition) is 5. The Morgan fingerprint density at radius 3 is 2.40 bits per heavy atom. The van der Waals surface area contributed by atoms with Gasteiger partial charge in [0.1, 0.15) is 11.5 Å². The SMILES string of the molecule is CCOc1ccccc1/C=C/C(=O)OCC(=O)c1ccccc1OC. The van der Waals surface area contributed by atoms with Gasteiger partial charge in [-0.2, -0.15) is 0 Å². The summed E-state index contributed by atoms with van der Waals surface area (Å²) in [5.41, 5.74) is 1.14. The van der Waals surface area contributed by atoms with E-state index in [1.807, 2.05) is 31.2 Å². The van der Waals surface area contributed by atoms with Crippen molar-refractivity contribution < 1.29 is 23.8 Å². The third-order valence-electron chi connectivity index (χ3n) is 3.37. The minimum atomic E-state index is -0.602. The van der Waals surface area contributed by atoms with E-state index in [0.717, 1.165) is 5.56 Å². The maximum atomic E-state index is 12.1. The van der Waals surface area contributed by atoms with E-state index in [0.29, 0.717) is 23.7 Å². The summed E-state index contributed by atoms with van der Waals surface area (Å²) in [5.74, 6) is 0.201. The van der Waals surface area contributed by atoms with E-state index in [9.17, 15) is 9.59 Å². The quantitative estimate of drug-likeness (QED) is 0.418. The van der Waals surface area contributed by atoms with Crippen molar-refractivity contribution >= 4 is 17.8 Å². The van der Waals surface area contributed by atoms with Crippen molar-refractivity contribution in [1.82, 2.24) is 0 Å².